The van der Waals surface area contributed by atoms with Crippen molar-refractivity contribution < 1.29 is 14.6 Å². The van der Waals surface area contributed by atoms with E-state index >= 15 is 0 Å². The monoisotopic (exact) mass is 423 g/mol. The number of carbonyl (C=O) groups is 1. The SMILES string of the molecule is O=C(COc1cccc2c1CCC[C@@H]2O)Nc1cccc(I)c1. The molecule has 23 heavy (non-hydrogen) atoms. The van der Waals surface area contributed by atoms with Crippen molar-refractivity contribution in [3.8, 4) is 5.75 Å². The number of ether oxygens (including phenoxy) is 1. The molecule has 2 N–H and O–H groups in total. The first kappa shape index (κ1) is 16.3. The Morgan fingerprint density at radius 1 is 1.30 bits per heavy atom. The van der Waals surface area contributed by atoms with Crippen LogP contribution in [0.25, 0.3) is 0 Å². The molecule has 0 unspecified atom stereocenters. The maximum absolute atomic E-state index is 12.0. The van der Waals surface area contributed by atoms with Crippen LogP contribution < -0.4 is 10.1 Å². The predicted octanol–water partition coefficient (Wildman–Crippen LogP) is 3.68. The van der Waals surface area contributed by atoms with Crippen molar-refractivity contribution in [2.45, 2.75) is 25.4 Å². The lowest BCUT2D eigenvalue weighted by Crippen LogP contribution is -2.21. The zero-order valence-corrected chi connectivity index (χ0v) is 14.7. The van der Waals surface area contributed by atoms with Crippen molar-refractivity contribution in [1.82, 2.24) is 0 Å². The summed E-state index contributed by atoms with van der Waals surface area (Å²) < 4.78 is 6.75. The predicted molar refractivity (Wildman–Crippen MR) is 97.6 cm³/mol. The third-order valence-electron chi connectivity index (χ3n) is 3.90. The van der Waals surface area contributed by atoms with E-state index in [1.807, 2.05) is 42.5 Å². The second-order valence-electron chi connectivity index (χ2n) is 5.58. The molecule has 4 nitrogen and oxygen atoms in total. The van der Waals surface area contributed by atoms with E-state index in [1.54, 1.807) is 0 Å². The fraction of sp³-hybridized carbons (Fsp3) is 0.278. The number of benzene rings is 2. The number of aliphatic hydroxyl groups excluding tert-OH is 1. The summed E-state index contributed by atoms with van der Waals surface area (Å²) in [5.74, 6) is 0.500. The number of nitrogens with one attached hydrogen (secondary N) is 1. The van der Waals surface area contributed by atoms with E-state index in [9.17, 15) is 9.90 Å². The van der Waals surface area contributed by atoms with E-state index in [0.29, 0.717) is 5.75 Å². The number of fused-ring (bicyclic) bond motifs is 1. The molecule has 0 aliphatic heterocycles. The fourth-order valence-corrected chi connectivity index (χ4v) is 3.37. The summed E-state index contributed by atoms with van der Waals surface area (Å²) in [7, 11) is 0. The Bertz CT molecular complexity index is 717. The molecule has 5 heteroatoms. The van der Waals surface area contributed by atoms with Gasteiger partial charge in [0.2, 0.25) is 0 Å². The fourth-order valence-electron chi connectivity index (χ4n) is 2.83. The van der Waals surface area contributed by atoms with Crippen LogP contribution in [0.15, 0.2) is 42.5 Å². The van der Waals surface area contributed by atoms with Gasteiger partial charge in [-0.15, -0.1) is 0 Å². The molecule has 0 radical (unpaired) electrons. The zero-order valence-electron chi connectivity index (χ0n) is 12.6. The summed E-state index contributed by atoms with van der Waals surface area (Å²) in [5, 5.41) is 12.9. The smallest absolute Gasteiger partial charge is 0.262 e. The van der Waals surface area contributed by atoms with Crippen molar-refractivity contribution in [3.05, 3.63) is 57.2 Å². The lowest BCUT2D eigenvalue weighted by Gasteiger charge is -2.23. The Morgan fingerprint density at radius 2 is 2.13 bits per heavy atom. The highest BCUT2D eigenvalue weighted by Gasteiger charge is 2.21. The number of rotatable bonds is 4. The van der Waals surface area contributed by atoms with Crippen LogP contribution in [-0.2, 0) is 11.2 Å². The minimum Gasteiger partial charge on any atom is -0.483 e. The van der Waals surface area contributed by atoms with Crippen molar-refractivity contribution >= 4 is 34.2 Å². The van der Waals surface area contributed by atoms with Crippen LogP contribution in [0.5, 0.6) is 5.75 Å². The molecule has 2 aromatic carbocycles. The summed E-state index contributed by atoms with van der Waals surface area (Å²) >= 11 is 2.20. The maximum atomic E-state index is 12.0. The molecule has 1 aliphatic rings. The van der Waals surface area contributed by atoms with Gasteiger partial charge >= 0.3 is 0 Å². The van der Waals surface area contributed by atoms with Crippen molar-refractivity contribution in [3.63, 3.8) is 0 Å². The number of amides is 1. The van der Waals surface area contributed by atoms with Crippen LogP contribution in [0.3, 0.4) is 0 Å². The van der Waals surface area contributed by atoms with Gasteiger partial charge < -0.3 is 15.2 Å². The quantitative estimate of drug-likeness (QED) is 0.738. The molecular weight excluding hydrogens is 405 g/mol. The minimum atomic E-state index is -0.428. The first-order chi connectivity index (χ1) is 11.1. The lowest BCUT2D eigenvalue weighted by atomic mass is 9.89. The van der Waals surface area contributed by atoms with Crippen molar-refractivity contribution in [2.75, 3.05) is 11.9 Å². The summed E-state index contributed by atoms with van der Waals surface area (Å²) in [4.78, 5) is 12.0. The van der Waals surface area contributed by atoms with Gasteiger partial charge in [0.05, 0.1) is 6.10 Å². The van der Waals surface area contributed by atoms with Crippen LogP contribution >= 0.6 is 22.6 Å². The molecule has 0 heterocycles. The highest BCUT2D eigenvalue weighted by atomic mass is 127. The molecule has 1 aliphatic carbocycles. The van der Waals surface area contributed by atoms with E-state index in [-0.39, 0.29) is 12.5 Å². The molecule has 1 atom stereocenters. The van der Waals surface area contributed by atoms with E-state index in [2.05, 4.69) is 27.9 Å². The van der Waals surface area contributed by atoms with Gasteiger partial charge in [-0.2, -0.15) is 0 Å². The van der Waals surface area contributed by atoms with Crippen LogP contribution in [0.2, 0.25) is 0 Å². The molecular formula is C18H18INO3. The van der Waals surface area contributed by atoms with Crippen molar-refractivity contribution in [2.24, 2.45) is 0 Å². The van der Waals surface area contributed by atoms with Gasteiger partial charge in [0.1, 0.15) is 5.75 Å². The number of halogens is 1. The Balaban J connectivity index is 1.64. The molecule has 3 rings (SSSR count). The molecule has 0 saturated heterocycles. The van der Waals surface area contributed by atoms with E-state index in [0.717, 1.165) is 39.6 Å². The largest absolute Gasteiger partial charge is 0.483 e. The van der Waals surface area contributed by atoms with Crippen LogP contribution in [0.1, 0.15) is 30.1 Å². The topological polar surface area (TPSA) is 58.6 Å². The number of hydrogen-bond acceptors (Lipinski definition) is 3. The molecule has 120 valence electrons. The van der Waals surface area contributed by atoms with Gasteiger partial charge in [0, 0.05) is 9.26 Å². The number of carbonyl (C=O) groups excluding carboxylic acids is 1. The minimum absolute atomic E-state index is 0.0436. The van der Waals surface area contributed by atoms with Gasteiger partial charge in [-0.3, -0.25) is 4.79 Å². The highest BCUT2D eigenvalue weighted by Crippen LogP contribution is 2.35. The molecule has 0 spiro atoms. The summed E-state index contributed by atoms with van der Waals surface area (Å²) in [5.41, 5.74) is 2.70. The second kappa shape index (κ2) is 7.31. The van der Waals surface area contributed by atoms with Gasteiger partial charge in [-0.1, -0.05) is 18.2 Å². The number of hydrogen-bond donors (Lipinski definition) is 2. The number of aliphatic hydroxyl groups is 1. The molecule has 0 saturated carbocycles. The maximum Gasteiger partial charge on any atom is 0.262 e. The Kier molecular flexibility index (Phi) is 5.17. The van der Waals surface area contributed by atoms with E-state index < -0.39 is 6.10 Å². The summed E-state index contributed by atoms with van der Waals surface area (Å²) in [6.07, 6.45) is 2.16. The van der Waals surface area contributed by atoms with Gasteiger partial charge in [0.25, 0.3) is 5.91 Å². The highest BCUT2D eigenvalue weighted by molar-refractivity contribution is 14.1. The molecule has 2 aromatic rings. The first-order valence-electron chi connectivity index (χ1n) is 7.61. The zero-order chi connectivity index (χ0) is 16.2. The van der Waals surface area contributed by atoms with Crippen LogP contribution in [-0.4, -0.2) is 17.6 Å². The summed E-state index contributed by atoms with van der Waals surface area (Å²) in [6, 6.07) is 13.3. The molecule has 0 aromatic heterocycles. The third kappa shape index (κ3) is 4.03. The lowest BCUT2D eigenvalue weighted by molar-refractivity contribution is -0.118. The standard InChI is InChI=1S/C18H18INO3/c19-12-4-1-5-13(10-12)20-18(22)11-23-17-9-3-6-14-15(17)7-2-8-16(14)21/h1,3-6,9-10,16,21H,2,7-8,11H2,(H,20,22)/t16-/m0/s1. The summed E-state index contributed by atoms with van der Waals surface area (Å²) in [6.45, 7) is -0.0436. The van der Waals surface area contributed by atoms with Crippen molar-refractivity contribution in [1.29, 1.82) is 0 Å². The Labute approximate surface area is 149 Å². The molecule has 0 bridgehead atoms. The normalized spacial score (nSPS) is 16.5. The van der Waals surface area contributed by atoms with Crippen LogP contribution in [0.4, 0.5) is 5.69 Å². The number of anilines is 1. The third-order valence-corrected chi connectivity index (χ3v) is 4.57. The van der Waals surface area contributed by atoms with Crippen LogP contribution in [0, 0.1) is 3.57 Å². The second-order valence-corrected chi connectivity index (χ2v) is 6.82. The van der Waals surface area contributed by atoms with Gasteiger partial charge in [0.15, 0.2) is 6.61 Å². The Morgan fingerprint density at radius 3 is 2.96 bits per heavy atom. The molecule has 1 amide bonds. The van der Waals surface area contributed by atoms with E-state index in [4.69, 9.17) is 4.74 Å². The first-order valence-corrected chi connectivity index (χ1v) is 8.69. The van der Waals surface area contributed by atoms with Gasteiger partial charge in [-0.05, 0) is 77.2 Å². The average Bonchev–Trinajstić information content (AvgIpc) is 2.53. The van der Waals surface area contributed by atoms with Gasteiger partial charge in [-0.25, -0.2) is 0 Å². The van der Waals surface area contributed by atoms with E-state index in [1.165, 1.54) is 0 Å². The Hall–Kier alpha value is -1.60. The average molecular weight is 423 g/mol. The molecule has 0 fully saturated rings.